The number of hydrogen-bond donors (Lipinski definition) is 2. The molecular weight excluding hydrogens is 469 g/mol. The quantitative estimate of drug-likeness (QED) is 0.329. The van der Waals surface area contributed by atoms with Crippen molar-refractivity contribution in [2.75, 3.05) is 34.9 Å². The predicted molar refractivity (Wildman–Crippen MR) is 125 cm³/mol. The highest BCUT2D eigenvalue weighted by molar-refractivity contribution is 14.0. The van der Waals surface area contributed by atoms with Gasteiger partial charge in [-0.1, -0.05) is 37.3 Å². The molecule has 0 saturated heterocycles. The number of ether oxygens (including phenoxy) is 3. The van der Waals surface area contributed by atoms with Crippen LogP contribution in [0.4, 0.5) is 0 Å². The Hall–Kier alpha value is -2.16. The zero-order valence-corrected chi connectivity index (χ0v) is 19.4. The van der Waals surface area contributed by atoms with Crippen molar-refractivity contribution in [2.45, 2.75) is 19.4 Å². The van der Waals surface area contributed by atoms with Gasteiger partial charge < -0.3 is 24.8 Å². The van der Waals surface area contributed by atoms with Crippen LogP contribution in [0.5, 0.6) is 17.2 Å². The zero-order chi connectivity index (χ0) is 19.6. The Morgan fingerprint density at radius 1 is 0.929 bits per heavy atom. The minimum Gasteiger partial charge on any atom is -0.496 e. The van der Waals surface area contributed by atoms with Gasteiger partial charge in [-0.3, -0.25) is 4.99 Å². The fraction of sp³-hybridized carbons (Fsp3) is 0.381. The first-order valence-electron chi connectivity index (χ1n) is 8.91. The molecule has 0 bridgehead atoms. The van der Waals surface area contributed by atoms with E-state index in [1.165, 1.54) is 5.56 Å². The van der Waals surface area contributed by atoms with Crippen molar-refractivity contribution in [3.05, 3.63) is 53.6 Å². The molecule has 0 aliphatic rings. The third kappa shape index (κ3) is 6.47. The summed E-state index contributed by atoms with van der Waals surface area (Å²) in [5, 5.41) is 6.69. The topological polar surface area (TPSA) is 64.1 Å². The largest absolute Gasteiger partial charge is 0.496 e. The summed E-state index contributed by atoms with van der Waals surface area (Å²) in [6.07, 6.45) is 0. The van der Waals surface area contributed by atoms with Crippen molar-refractivity contribution in [2.24, 2.45) is 4.99 Å². The average Bonchev–Trinajstić information content (AvgIpc) is 2.73. The lowest BCUT2D eigenvalue weighted by Gasteiger charge is -2.18. The number of benzene rings is 2. The van der Waals surface area contributed by atoms with Gasteiger partial charge in [-0.15, -0.1) is 24.0 Å². The summed E-state index contributed by atoms with van der Waals surface area (Å²) in [6.45, 7) is 3.52. The molecule has 0 aromatic heterocycles. The van der Waals surface area contributed by atoms with Crippen molar-refractivity contribution in [3.63, 3.8) is 0 Å². The summed E-state index contributed by atoms with van der Waals surface area (Å²) in [4.78, 5) is 4.30. The van der Waals surface area contributed by atoms with E-state index >= 15 is 0 Å². The van der Waals surface area contributed by atoms with Crippen LogP contribution >= 0.6 is 24.0 Å². The molecule has 154 valence electrons. The maximum atomic E-state index is 5.47. The van der Waals surface area contributed by atoms with Gasteiger partial charge in [0.15, 0.2) is 17.5 Å². The molecule has 0 amide bonds. The van der Waals surface area contributed by atoms with Crippen molar-refractivity contribution in [1.29, 1.82) is 0 Å². The lowest BCUT2D eigenvalue weighted by atomic mass is 10.0. The Morgan fingerprint density at radius 2 is 1.54 bits per heavy atom. The molecule has 0 aliphatic heterocycles. The van der Waals surface area contributed by atoms with E-state index in [1.807, 2.05) is 18.2 Å². The Morgan fingerprint density at radius 3 is 2.11 bits per heavy atom. The van der Waals surface area contributed by atoms with Crippen LogP contribution in [-0.2, 0) is 6.54 Å². The fourth-order valence-corrected chi connectivity index (χ4v) is 2.78. The van der Waals surface area contributed by atoms with E-state index in [0.717, 1.165) is 23.8 Å². The van der Waals surface area contributed by atoms with Crippen LogP contribution in [0, 0.1) is 0 Å². The smallest absolute Gasteiger partial charge is 0.191 e. The van der Waals surface area contributed by atoms with Crippen molar-refractivity contribution >= 4 is 29.9 Å². The lowest BCUT2D eigenvalue weighted by molar-refractivity contribution is 0.347. The summed E-state index contributed by atoms with van der Waals surface area (Å²) < 4.78 is 16.2. The van der Waals surface area contributed by atoms with Crippen LogP contribution < -0.4 is 24.8 Å². The third-order valence-corrected chi connectivity index (χ3v) is 4.40. The van der Waals surface area contributed by atoms with E-state index in [9.17, 15) is 0 Å². The van der Waals surface area contributed by atoms with Crippen molar-refractivity contribution in [1.82, 2.24) is 10.6 Å². The number of halogens is 1. The summed E-state index contributed by atoms with van der Waals surface area (Å²) in [5.74, 6) is 3.14. The number of nitrogens with zero attached hydrogens (tertiary/aromatic N) is 1. The number of rotatable bonds is 8. The van der Waals surface area contributed by atoms with Crippen LogP contribution in [0.1, 0.15) is 24.0 Å². The SMILES string of the molecule is CN=C(NCc1cc(OC)c(OC)cc1OC)NCC(C)c1ccccc1.I. The third-order valence-electron chi connectivity index (χ3n) is 4.40. The summed E-state index contributed by atoms with van der Waals surface area (Å²) in [6, 6.07) is 14.1. The van der Waals surface area contributed by atoms with E-state index in [2.05, 4.69) is 46.8 Å². The second-order valence-corrected chi connectivity index (χ2v) is 6.14. The van der Waals surface area contributed by atoms with E-state index < -0.39 is 0 Å². The maximum absolute atomic E-state index is 5.47. The molecule has 7 heteroatoms. The van der Waals surface area contributed by atoms with Crippen LogP contribution in [0.25, 0.3) is 0 Å². The zero-order valence-electron chi connectivity index (χ0n) is 17.1. The van der Waals surface area contributed by atoms with Crippen LogP contribution in [0.2, 0.25) is 0 Å². The summed E-state index contributed by atoms with van der Waals surface area (Å²) in [7, 11) is 6.62. The minimum atomic E-state index is 0. The Balaban J connectivity index is 0.00000392. The second kappa shape index (κ2) is 12.3. The monoisotopic (exact) mass is 499 g/mol. The Bertz CT molecular complexity index is 754. The Labute approximate surface area is 184 Å². The molecule has 28 heavy (non-hydrogen) atoms. The molecule has 1 unspecified atom stereocenters. The van der Waals surface area contributed by atoms with Gasteiger partial charge in [0.25, 0.3) is 0 Å². The number of methoxy groups -OCH3 is 3. The molecule has 0 spiro atoms. The van der Waals surface area contributed by atoms with Crippen molar-refractivity contribution in [3.8, 4) is 17.2 Å². The molecule has 2 rings (SSSR count). The molecule has 0 saturated carbocycles. The number of nitrogens with one attached hydrogen (secondary N) is 2. The molecule has 2 aromatic rings. The second-order valence-electron chi connectivity index (χ2n) is 6.14. The molecular formula is C21H30IN3O3. The Kier molecular flexibility index (Phi) is 10.5. The van der Waals surface area contributed by atoms with Gasteiger partial charge in [0.2, 0.25) is 0 Å². The van der Waals surface area contributed by atoms with E-state index in [4.69, 9.17) is 14.2 Å². The molecule has 0 fully saturated rings. The highest BCUT2D eigenvalue weighted by atomic mass is 127. The lowest BCUT2D eigenvalue weighted by Crippen LogP contribution is -2.38. The van der Waals surface area contributed by atoms with Gasteiger partial charge in [0.05, 0.1) is 21.3 Å². The molecule has 1 atom stereocenters. The van der Waals surface area contributed by atoms with Gasteiger partial charge in [-0.25, -0.2) is 0 Å². The molecule has 2 aromatic carbocycles. The average molecular weight is 499 g/mol. The maximum Gasteiger partial charge on any atom is 0.191 e. The van der Waals surface area contributed by atoms with E-state index in [-0.39, 0.29) is 24.0 Å². The first-order chi connectivity index (χ1) is 13.1. The normalized spacial score (nSPS) is 11.8. The van der Waals surface area contributed by atoms with E-state index in [1.54, 1.807) is 28.4 Å². The van der Waals surface area contributed by atoms with Crippen LogP contribution in [-0.4, -0.2) is 40.9 Å². The highest BCUT2D eigenvalue weighted by Crippen LogP contribution is 2.34. The summed E-state index contributed by atoms with van der Waals surface area (Å²) in [5.41, 5.74) is 2.25. The molecule has 0 radical (unpaired) electrons. The predicted octanol–water partition coefficient (Wildman–Crippen LogP) is 3.80. The van der Waals surface area contributed by atoms with E-state index in [0.29, 0.717) is 24.0 Å². The fourth-order valence-electron chi connectivity index (χ4n) is 2.78. The van der Waals surface area contributed by atoms with Gasteiger partial charge in [-0.05, 0) is 17.5 Å². The molecule has 0 aliphatic carbocycles. The van der Waals surface area contributed by atoms with Gasteiger partial charge in [0, 0.05) is 31.8 Å². The van der Waals surface area contributed by atoms with Gasteiger partial charge in [0.1, 0.15) is 5.75 Å². The molecule has 2 N–H and O–H groups in total. The standard InChI is InChI=1S/C21H29N3O3.HI/c1-15(16-9-7-6-8-10-16)13-23-21(22-2)24-14-17-11-19(26-4)20(27-5)12-18(17)25-3;/h6-12,15H,13-14H2,1-5H3,(H2,22,23,24);1H. The van der Waals surface area contributed by atoms with Crippen LogP contribution in [0.3, 0.4) is 0 Å². The first-order valence-corrected chi connectivity index (χ1v) is 8.91. The first kappa shape index (κ1) is 23.9. The van der Waals surface area contributed by atoms with Gasteiger partial charge >= 0.3 is 0 Å². The number of guanidine groups is 1. The summed E-state index contributed by atoms with van der Waals surface area (Å²) >= 11 is 0. The number of hydrogen-bond acceptors (Lipinski definition) is 4. The number of aliphatic imine (C=N–C) groups is 1. The highest BCUT2D eigenvalue weighted by Gasteiger charge is 2.12. The van der Waals surface area contributed by atoms with Crippen molar-refractivity contribution < 1.29 is 14.2 Å². The minimum absolute atomic E-state index is 0. The molecule has 0 heterocycles. The van der Waals surface area contributed by atoms with Gasteiger partial charge in [-0.2, -0.15) is 0 Å². The van der Waals surface area contributed by atoms with Crippen LogP contribution in [0.15, 0.2) is 47.5 Å². The molecule has 6 nitrogen and oxygen atoms in total.